The van der Waals surface area contributed by atoms with Crippen molar-refractivity contribution in [3.63, 3.8) is 0 Å². The van der Waals surface area contributed by atoms with Gasteiger partial charge in [-0.1, -0.05) is 18.5 Å². The number of carboxylic acid groups (broad SMARTS) is 1. The standard InChI is InChI=1S/C18H17ClN4O2S/c1-2-4-16-20-18(22-21-16)26-15(17(24)25)11-14-5-3-10-23(14)13-8-6-12(19)7-9-13/h3,5-11H,2,4H2,1H3,(H,24,25)(H,20,21,22)/p-1/b15-11-. The van der Waals surface area contributed by atoms with Crippen molar-refractivity contribution in [3.8, 4) is 5.69 Å². The summed E-state index contributed by atoms with van der Waals surface area (Å²) >= 11 is 6.89. The Morgan fingerprint density at radius 1 is 1.35 bits per heavy atom. The first-order valence-corrected chi connectivity index (χ1v) is 9.21. The molecule has 0 atom stereocenters. The Labute approximate surface area is 159 Å². The predicted molar refractivity (Wildman–Crippen MR) is 100.0 cm³/mol. The van der Waals surface area contributed by atoms with Crippen molar-refractivity contribution < 1.29 is 9.90 Å². The molecule has 0 radical (unpaired) electrons. The summed E-state index contributed by atoms with van der Waals surface area (Å²) in [6.07, 6.45) is 5.08. The fraction of sp³-hybridized carbons (Fsp3) is 0.167. The number of hydrogen-bond donors (Lipinski definition) is 1. The molecule has 134 valence electrons. The van der Waals surface area contributed by atoms with Gasteiger partial charge in [0.25, 0.3) is 0 Å². The van der Waals surface area contributed by atoms with Gasteiger partial charge in [-0.2, -0.15) is 0 Å². The van der Waals surface area contributed by atoms with Crippen LogP contribution in [0.1, 0.15) is 24.9 Å². The number of carbonyl (C=O) groups excluding carboxylic acids is 1. The van der Waals surface area contributed by atoms with Crippen LogP contribution in [0.2, 0.25) is 5.02 Å². The summed E-state index contributed by atoms with van der Waals surface area (Å²) in [6.45, 7) is 2.03. The van der Waals surface area contributed by atoms with Crippen molar-refractivity contribution in [2.45, 2.75) is 24.9 Å². The molecule has 0 bridgehead atoms. The number of benzene rings is 1. The summed E-state index contributed by atoms with van der Waals surface area (Å²) in [7, 11) is 0. The summed E-state index contributed by atoms with van der Waals surface area (Å²) in [4.78, 5) is 15.9. The molecule has 3 aromatic rings. The van der Waals surface area contributed by atoms with Crippen LogP contribution in [-0.4, -0.2) is 25.7 Å². The van der Waals surface area contributed by atoms with E-state index in [-0.39, 0.29) is 4.91 Å². The molecule has 3 rings (SSSR count). The lowest BCUT2D eigenvalue weighted by Crippen LogP contribution is -2.23. The number of halogens is 1. The number of carboxylic acids is 1. The van der Waals surface area contributed by atoms with Crippen LogP contribution in [0.25, 0.3) is 11.8 Å². The highest BCUT2D eigenvalue weighted by Gasteiger charge is 2.10. The molecule has 0 saturated heterocycles. The largest absolute Gasteiger partial charge is 0.544 e. The number of carbonyl (C=O) groups is 1. The van der Waals surface area contributed by atoms with Gasteiger partial charge in [0.2, 0.25) is 5.16 Å². The Hall–Kier alpha value is -2.51. The average molecular weight is 388 g/mol. The van der Waals surface area contributed by atoms with Crippen LogP contribution >= 0.6 is 23.4 Å². The van der Waals surface area contributed by atoms with E-state index >= 15 is 0 Å². The number of aryl methyl sites for hydroxylation is 1. The quantitative estimate of drug-likeness (QED) is 0.497. The highest BCUT2D eigenvalue weighted by molar-refractivity contribution is 8.04. The van der Waals surface area contributed by atoms with Crippen LogP contribution in [0, 0.1) is 0 Å². The van der Waals surface area contributed by atoms with E-state index in [2.05, 4.69) is 15.2 Å². The molecule has 2 heterocycles. The summed E-state index contributed by atoms with van der Waals surface area (Å²) < 4.78 is 1.86. The Morgan fingerprint density at radius 2 is 2.12 bits per heavy atom. The van der Waals surface area contributed by atoms with E-state index in [1.807, 2.05) is 42.0 Å². The molecule has 0 aliphatic rings. The lowest BCUT2D eigenvalue weighted by atomic mass is 10.3. The second-order valence-electron chi connectivity index (χ2n) is 5.49. The van der Waals surface area contributed by atoms with E-state index in [4.69, 9.17) is 11.6 Å². The first-order valence-electron chi connectivity index (χ1n) is 8.02. The zero-order chi connectivity index (χ0) is 18.5. The third-order valence-corrected chi connectivity index (χ3v) is 4.69. The van der Waals surface area contributed by atoms with Crippen molar-refractivity contribution in [1.29, 1.82) is 0 Å². The van der Waals surface area contributed by atoms with Gasteiger partial charge in [-0.15, -0.1) is 5.10 Å². The molecule has 6 nitrogen and oxygen atoms in total. The maximum absolute atomic E-state index is 11.6. The van der Waals surface area contributed by atoms with Gasteiger partial charge in [-0.3, -0.25) is 5.10 Å². The van der Waals surface area contributed by atoms with Crippen LogP contribution in [-0.2, 0) is 11.2 Å². The maximum Gasteiger partial charge on any atom is 0.213 e. The number of hydrogen-bond acceptors (Lipinski definition) is 5. The van der Waals surface area contributed by atoms with Crippen LogP contribution in [0.15, 0.2) is 52.7 Å². The SMILES string of the molecule is CCCc1nc(S/C(=C\c2cccn2-c2ccc(Cl)cc2)C(=O)[O-])n[nH]1. The molecule has 26 heavy (non-hydrogen) atoms. The Bertz CT molecular complexity index is 931. The lowest BCUT2D eigenvalue weighted by molar-refractivity contribution is -0.298. The molecular formula is C18H16ClN4O2S-. The van der Waals surface area contributed by atoms with Crippen molar-refractivity contribution >= 4 is 35.4 Å². The van der Waals surface area contributed by atoms with Crippen molar-refractivity contribution in [2.75, 3.05) is 0 Å². The number of H-pyrrole nitrogens is 1. The van der Waals surface area contributed by atoms with Crippen LogP contribution in [0.5, 0.6) is 0 Å². The van der Waals surface area contributed by atoms with Crippen LogP contribution in [0.4, 0.5) is 0 Å². The number of nitrogens with one attached hydrogen (secondary N) is 1. The molecule has 0 amide bonds. The molecule has 0 fully saturated rings. The Morgan fingerprint density at radius 3 is 2.81 bits per heavy atom. The van der Waals surface area contributed by atoms with Gasteiger partial charge in [0, 0.05) is 33.9 Å². The monoisotopic (exact) mass is 387 g/mol. The molecule has 0 aliphatic carbocycles. The van der Waals surface area contributed by atoms with E-state index in [1.54, 1.807) is 18.2 Å². The number of aromatic amines is 1. The Kier molecular flexibility index (Phi) is 5.80. The van der Waals surface area contributed by atoms with Crippen molar-refractivity contribution in [1.82, 2.24) is 19.7 Å². The molecular weight excluding hydrogens is 372 g/mol. The Balaban J connectivity index is 1.89. The molecule has 0 unspecified atom stereocenters. The van der Waals surface area contributed by atoms with Crippen molar-refractivity contribution in [2.24, 2.45) is 0 Å². The minimum atomic E-state index is -1.28. The first-order chi connectivity index (χ1) is 12.6. The summed E-state index contributed by atoms with van der Waals surface area (Å²) in [5.74, 6) is -0.544. The van der Waals surface area contributed by atoms with Crippen LogP contribution in [0.3, 0.4) is 0 Å². The first kappa shape index (κ1) is 18.3. The van der Waals surface area contributed by atoms with Crippen molar-refractivity contribution in [3.05, 3.63) is 64.0 Å². The maximum atomic E-state index is 11.6. The molecule has 0 spiro atoms. The third kappa shape index (κ3) is 4.36. The molecule has 8 heteroatoms. The number of thioether (sulfide) groups is 1. The van der Waals surface area contributed by atoms with E-state index in [0.717, 1.165) is 36.1 Å². The number of aromatic nitrogens is 4. The zero-order valence-corrected chi connectivity index (χ0v) is 15.5. The molecule has 2 aromatic heterocycles. The second-order valence-corrected chi connectivity index (χ2v) is 6.94. The van der Waals surface area contributed by atoms with E-state index in [0.29, 0.717) is 15.9 Å². The minimum absolute atomic E-state index is 0.0287. The van der Waals surface area contributed by atoms with E-state index in [9.17, 15) is 9.90 Å². The van der Waals surface area contributed by atoms with Crippen LogP contribution < -0.4 is 5.11 Å². The fourth-order valence-corrected chi connectivity index (χ4v) is 3.22. The van der Waals surface area contributed by atoms with Gasteiger partial charge in [-0.05, 0) is 60.7 Å². The minimum Gasteiger partial charge on any atom is -0.544 e. The van der Waals surface area contributed by atoms with Gasteiger partial charge in [0.05, 0.1) is 5.97 Å². The summed E-state index contributed by atoms with van der Waals surface area (Å²) in [5, 5.41) is 19.4. The van der Waals surface area contributed by atoms with E-state index < -0.39 is 5.97 Å². The van der Waals surface area contributed by atoms with Gasteiger partial charge in [0.1, 0.15) is 5.82 Å². The topological polar surface area (TPSA) is 86.6 Å². The second kappa shape index (κ2) is 8.25. The predicted octanol–water partition coefficient (Wildman–Crippen LogP) is 3.08. The van der Waals surface area contributed by atoms with Gasteiger partial charge < -0.3 is 14.5 Å². The third-order valence-electron chi connectivity index (χ3n) is 3.56. The lowest BCUT2D eigenvalue weighted by Gasteiger charge is -2.09. The van der Waals surface area contributed by atoms with Gasteiger partial charge >= 0.3 is 0 Å². The molecule has 0 aliphatic heterocycles. The zero-order valence-electron chi connectivity index (χ0n) is 14.0. The summed E-state index contributed by atoms with van der Waals surface area (Å²) in [5.41, 5.74) is 1.57. The number of nitrogens with zero attached hydrogens (tertiary/aromatic N) is 3. The van der Waals surface area contributed by atoms with Gasteiger partial charge in [-0.25, -0.2) is 4.98 Å². The number of rotatable bonds is 7. The molecule has 1 aromatic carbocycles. The molecule has 0 saturated carbocycles. The smallest absolute Gasteiger partial charge is 0.213 e. The van der Waals surface area contributed by atoms with E-state index in [1.165, 1.54) is 0 Å². The highest BCUT2D eigenvalue weighted by atomic mass is 35.5. The summed E-state index contributed by atoms with van der Waals surface area (Å²) in [6, 6.07) is 10.9. The van der Waals surface area contributed by atoms with Gasteiger partial charge in [0.15, 0.2) is 0 Å². The highest BCUT2D eigenvalue weighted by Crippen LogP contribution is 2.26. The average Bonchev–Trinajstić information content (AvgIpc) is 3.25. The fourth-order valence-electron chi connectivity index (χ4n) is 2.38. The number of aliphatic carboxylic acids is 1. The normalized spacial score (nSPS) is 11.7. The molecule has 1 N–H and O–H groups in total.